The van der Waals surface area contributed by atoms with Crippen molar-refractivity contribution >= 4 is 11.8 Å². The van der Waals surface area contributed by atoms with Gasteiger partial charge in [-0.25, -0.2) is 0 Å². The van der Waals surface area contributed by atoms with Gasteiger partial charge in [0.1, 0.15) is 0 Å². The summed E-state index contributed by atoms with van der Waals surface area (Å²) in [5.74, 6) is -0.0131. The van der Waals surface area contributed by atoms with Crippen molar-refractivity contribution in [1.82, 2.24) is 14.7 Å². The molecule has 0 unspecified atom stereocenters. The highest BCUT2D eigenvalue weighted by Crippen LogP contribution is 2.14. The molecule has 0 spiro atoms. The van der Waals surface area contributed by atoms with Crippen LogP contribution in [-0.2, 0) is 6.54 Å². The van der Waals surface area contributed by atoms with E-state index in [1.54, 1.807) is 29.2 Å². The first kappa shape index (κ1) is 20.1. The number of hydrogen-bond acceptors (Lipinski definition) is 3. The molecule has 148 valence electrons. The second kappa shape index (κ2) is 9.51. The van der Waals surface area contributed by atoms with Gasteiger partial charge in [0.25, 0.3) is 11.8 Å². The lowest BCUT2D eigenvalue weighted by Gasteiger charge is -2.34. The second-order valence-corrected chi connectivity index (χ2v) is 7.11. The van der Waals surface area contributed by atoms with Gasteiger partial charge in [-0.2, -0.15) is 0 Å². The highest BCUT2D eigenvalue weighted by atomic mass is 16.2. The lowest BCUT2D eigenvalue weighted by molar-refractivity contribution is 0.0628. The van der Waals surface area contributed by atoms with Crippen LogP contribution in [-0.4, -0.2) is 65.8 Å². The molecule has 0 bridgehead atoms. The standard InChI is InChI=1S/C23H29N3O2/c1-3-25(4-2)22(27)20-11-8-12-21(17-20)23(28)26-15-13-24(14-16-26)18-19-9-6-5-7-10-19/h5-12,17H,3-4,13-16,18H2,1-2H3. The molecular formula is C23H29N3O2. The van der Waals surface area contributed by atoms with Crippen LogP contribution in [0.5, 0.6) is 0 Å². The van der Waals surface area contributed by atoms with E-state index < -0.39 is 0 Å². The van der Waals surface area contributed by atoms with Crippen LogP contribution in [0, 0.1) is 0 Å². The molecule has 2 amide bonds. The van der Waals surface area contributed by atoms with Gasteiger partial charge in [0, 0.05) is 56.9 Å². The predicted octanol–water partition coefficient (Wildman–Crippen LogP) is 3.13. The molecular weight excluding hydrogens is 350 g/mol. The molecule has 0 aromatic heterocycles. The molecule has 5 heteroatoms. The Balaban J connectivity index is 1.61. The maximum Gasteiger partial charge on any atom is 0.253 e. The van der Waals surface area contributed by atoms with Crippen LogP contribution in [0.2, 0.25) is 0 Å². The third-order valence-electron chi connectivity index (χ3n) is 5.32. The predicted molar refractivity (Wildman–Crippen MR) is 111 cm³/mol. The molecule has 5 nitrogen and oxygen atoms in total. The van der Waals surface area contributed by atoms with Gasteiger partial charge in [0.05, 0.1) is 0 Å². The number of amides is 2. The van der Waals surface area contributed by atoms with Crippen molar-refractivity contribution in [3.8, 4) is 0 Å². The van der Waals surface area contributed by atoms with Crippen molar-refractivity contribution in [2.24, 2.45) is 0 Å². The molecule has 0 atom stereocenters. The Bertz CT molecular complexity index is 795. The van der Waals surface area contributed by atoms with E-state index in [1.807, 2.05) is 24.8 Å². The smallest absolute Gasteiger partial charge is 0.253 e. The highest BCUT2D eigenvalue weighted by molar-refractivity contribution is 5.99. The van der Waals surface area contributed by atoms with Crippen molar-refractivity contribution in [2.45, 2.75) is 20.4 Å². The van der Waals surface area contributed by atoms with Crippen LogP contribution in [0.3, 0.4) is 0 Å². The Morgan fingerprint density at radius 1 is 0.857 bits per heavy atom. The van der Waals surface area contributed by atoms with Gasteiger partial charge in [-0.1, -0.05) is 36.4 Å². The Morgan fingerprint density at radius 2 is 1.50 bits per heavy atom. The fraction of sp³-hybridized carbons (Fsp3) is 0.391. The summed E-state index contributed by atoms with van der Waals surface area (Å²) in [5.41, 5.74) is 2.47. The summed E-state index contributed by atoms with van der Waals surface area (Å²) in [6.07, 6.45) is 0. The molecule has 2 aromatic carbocycles. The average Bonchev–Trinajstić information content (AvgIpc) is 2.75. The number of hydrogen-bond donors (Lipinski definition) is 0. The topological polar surface area (TPSA) is 43.9 Å². The molecule has 1 fully saturated rings. The Morgan fingerprint density at radius 3 is 2.14 bits per heavy atom. The fourth-order valence-corrected chi connectivity index (χ4v) is 3.61. The summed E-state index contributed by atoms with van der Waals surface area (Å²) in [5, 5.41) is 0. The number of nitrogens with zero attached hydrogens (tertiary/aromatic N) is 3. The maximum absolute atomic E-state index is 12.9. The van der Waals surface area contributed by atoms with Crippen LogP contribution in [0.15, 0.2) is 54.6 Å². The van der Waals surface area contributed by atoms with Gasteiger partial charge in [-0.3, -0.25) is 14.5 Å². The number of benzene rings is 2. The molecule has 1 saturated heterocycles. The van der Waals surface area contributed by atoms with Crippen molar-refractivity contribution in [2.75, 3.05) is 39.3 Å². The minimum Gasteiger partial charge on any atom is -0.339 e. The average molecular weight is 380 g/mol. The van der Waals surface area contributed by atoms with E-state index in [2.05, 4.69) is 29.2 Å². The van der Waals surface area contributed by atoms with Crippen molar-refractivity contribution in [3.63, 3.8) is 0 Å². The zero-order chi connectivity index (χ0) is 19.9. The van der Waals surface area contributed by atoms with Crippen molar-refractivity contribution in [1.29, 1.82) is 0 Å². The summed E-state index contributed by atoms with van der Waals surface area (Å²) in [6, 6.07) is 17.5. The molecule has 2 aromatic rings. The van der Waals surface area contributed by atoms with Gasteiger partial charge in [0.15, 0.2) is 0 Å². The first-order valence-corrected chi connectivity index (χ1v) is 10.1. The molecule has 3 rings (SSSR count). The van der Waals surface area contributed by atoms with Crippen LogP contribution < -0.4 is 0 Å². The van der Waals surface area contributed by atoms with E-state index in [0.29, 0.717) is 37.3 Å². The zero-order valence-corrected chi connectivity index (χ0v) is 16.8. The van der Waals surface area contributed by atoms with Crippen LogP contribution in [0.4, 0.5) is 0 Å². The summed E-state index contributed by atoms with van der Waals surface area (Å²) >= 11 is 0. The molecule has 28 heavy (non-hydrogen) atoms. The minimum absolute atomic E-state index is 0.00792. The molecule has 1 aliphatic heterocycles. The summed E-state index contributed by atoms with van der Waals surface area (Å²) in [4.78, 5) is 31.5. The van der Waals surface area contributed by atoms with Crippen molar-refractivity contribution in [3.05, 3.63) is 71.3 Å². The minimum atomic E-state index is -0.0210. The molecule has 0 aliphatic carbocycles. The van der Waals surface area contributed by atoms with Gasteiger partial charge in [-0.15, -0.1) is 0 Å². The lowest BCUT2D eigenvalue weighted by atomic mass is 10.1. The third-order valence-corrected chi connectivity index (χ3v) is 5.32. The lowest BCUT2D eigenvalue weighted by Crippen LogP contribution is -2.48. The fourth-order valence-electron chi connectivity index (χ4n) is 3.61. The van der Waals surface area contributed by atoms with Gasteiger partial charge < -0.3 is 9.80 Å². The Kier molecular flexibility index (Phi) is 6.82. The number of carbonyl (C=O) groups excluding carboxylic acids is 2. The van der Waals surface area contributed by atoms with E-state index >= 15 is 0 Å². The quantitative estimate of drug-likeness (QED) is 0.775. The number of piperazine rings is 1. The molecule has 1 aliphatic rings. The molecule has 0 N–H and O–H groups in total. The number of carbonyl (C=O) groups is 2. The van der Waals surface area contributed by atoms with Crippen LogP contribution in [0.25, 0.3) is 0 Å². The molecule has 0 saturated carbocycles. The van der Waals surface area contributed by atoms with E-state index in [1.165, 1.54) is 5.56 Å². The van der Waals surface area contributed by atoms with E-state index in [-0.39, 0.29) is 11.8 Å². The summed E-state index contributed by atoms with van der Waals surface area (Å²) < 4.78 is 0. The monoisotopic (exact) mass is 379 g/mol. The SMILES string of the molecule is CCN(CC)C(=O)c1cccc(C(=O)N2CCN(Cc3ccccc3)CC2)c1. The Hall–Kier alpha value is -2.66. The normalized spacial score (nSPS) is 14.7. The van der Waals surface area contributed by atoms with Gasteiger partial charge >= 0.3 is 0 Å². The zero-order valence-electron chi connectivity index (χ0n) is 16.8. The largest absolute Gasteiger partial charge is 0.339 e. The first-order valence-electron chi connectivity index (χ1n) is 10.1. The highest BCUT2D eigenvalue weighted by Gasteiger charge is 2.23. The van der Waals surface area contributed by atoms with Crippen LogP contribution in [0.1, 0.15) is 40.1 Å². The summed E-state index contributed by atoms with van der Waals surface area (Å²) in [7, 11) is 0. The molecule has 1 heterocycles. The van der Waals surface area contributed by atoms with Crippen LogP contribution >= 0.6 is 0 Å². The van der Waals surface area contributed by atoms with Gasteiger partial charge in [-0.05, 0) is 37.6 Å². The van der Waals surface area contributed by atoms with E-state index in [4.69, 9.17) is 0 Å². The van der Waals surface area contributed by atoms with Crippen molar-refractivity contribution < 1.29 is 9.59 Å². The Labute approximate surface area is 167 Å². The second-order valence-electron chi connectivity index (χ2n) is 7.11. The third kappa shape index (κ3) is 4.78. The van der Waals surface area contributed by atoms with E-state index in [9.17, 15) is 9.59 Å². The maximum atomic E-state index is 12.9. The summed E-state index contributed by atoms with van der Waals surface area (Å²) in [6.45, 7) is 9.30. The molecule has 0 radical (unpaired) electrons. The first-order chi connectivity index (χ1) is 13.6. The number of rotatable bonds is 6. The van der Waals surface area contributed by atoms with Gasteiger partial charge in [0.2, 0.25) is 0 Å². The van der Waals surface area contributed by atoms with E-state index in [0.717, 1.165) is 19.6 Å².